The second kappa shape index (κ2) is 3.37. The molecule has 0 radical (unpaired) electrons. The van der Waals surface area contributed by atoms with Crippen LogP contribution in [0, 0.1) is 6.92 Å². The zero-order chi connectivity index (χ0) is 10.1. The van der Waals surface area contributed by atoms with Gasteiger partial charge in [0.1, 0.15) is 0 Å². The molecular weight excluding hydrogens is 172 g/mol. The van der Waals surface area contributed by atoms with Gasteiger partial charge in [-0.3, -0.25) is 0 Å². The minimum atomic E-state index is 0.891. The number of benzene rings is 1. The van der Waals surface area contributed by atoms with E-state index in [-0.39, 0.29) is 0 Å². The molecule has 1 aliphatic heterocycles. The lowest BCUT2D eigenvalue weighted by Gasteiger charge is -2.21. The number of nitrogens with one attached hydrogen (secondary N) is 1. The Bertz CT molecular complexity index is 380. The topological polar surface area (TPSA) is 15.3 Å². The SMILES string of the molecule is CC1=C(C)N(c2ccccc2C)CN1. The number of anilines is 1. The van der Waals surface area contributed by atoms with Gasteiger partial charge in [-0.05, 0) is 32.4 Å². The van der Waals surface area contributed by atoms with E-state index < -0.39 is 0 Å². The van der Waals surface area contributed by atoms with Crippen LogP contribution in [0.1, 0.15) is 19.4 Å². The Morgan fingerprint density at radius 1 is 1.14 bits per heavy atom. The van der Waals surface area contributed by atoms with E-state index >= 15 is 0 Å². The molecule has 2 heteroatoms. The first kappa shape index (κ1) is 9.13. The summed E-state index contributed by atoms with van der Waals surface area (Å²) >= 11 is 0. The lowest BCUT2D eigenvalue weighted by molar-refractivity contribution is 0.858. The van der Waals surface area contributed by atoms with Crippen LogP contribution >= 0.6 is 0 Å². The number of hydrogen-bond donors (Lipinski definition) is 1. The van der Waals surface area contributed by atoms with Gasteiger partial charge in [0.15, 0.2) is 0 Å². The van der Waals surface area contributed by atoms with Crippen LogP contribution in [0.4, 0.5) is 5.69 Å². The molecule has 1 heterocycles. The first-order valence-electron chi connectivity index (χ1n) is 4.94. The van der Waals surface area contributed by atoms with Gasteiger partial charge in [-0.15, -0.1) is 0 Å². The molecule has 0 saturated carbocycles. The van der Waals surface area contributed by atoms with Crippen molar-refractivity contribution in [3.8, 4) is 0 Å². The number of para-hydroxylation sites is 1. The molecule has 0 aromatic heterocycles. The normalized spacial score (nSPS) is 16.1. The van der Waals surface area contributed by atoms with E-state index in [9.17, 15) is 0 Å². The van der Waals surface area contributed by atoms with Crippen molar-refractivity contribution in [2.75, 3.05) is 11.6 Å². The summed E-state index contributed by atoms with van der Waals surface area (Å²) in [5, 5.41) is 3.35. The molecule has 0 aliphatic carbocycles. The Balaban J connectivity index is 2.38. The van der Waals surface area contributed by atoms with Crippen LogP contribution in [-0.2, 0) is 0 Å². The smallest absolute Gasteiger partial charge is 0.0921 e. The molecule has 1 N–H and O–H groups in total. The van der Waals surface area contributed by atoms with Crippen LogP contribution in [0.3, 0.4) is 0 Å². The van der Waals surface area contributed by atoms with E-state index in [1.807, 2.05) is 0 Å². The zero-order valence-corrected chi connectivity index (χ0v) is 8.96. The van der Waals surface area contributed by atoms with Crippen LogP contribution in [0.2, 0.25) is 0 Å². The Labute approximate surface area is 85.2 Å². The number of hydrogen-bond acceptors (Lipinski definition) is 2. The van der Waals surface area contributed by atoms with E-state index in [4.69, 9.17) is 0 Å². The molecule has 2 nitrogen and oxygen atoms in total. The summed E-state index contributed by atoms with van der Waals surface area (Å²) in [5.41, 5.74) is 5.21. The molecule has 0 bridgehead atoms. The van der Waals surface area contributed by atoms with Crippen LogP contribution < -0.4 is 10.2 Å². The lowest BCUT2D eigenvalue weighted by atomic mass is 10.2. The molecule has 0 fully saturated rings. The van der Waals surface area contributed by atoms with E-state index in [2.05, 4.69) is 55.3 Å². The average Bonchev–Trinajstić information content (AvgIpc) is 2.49. The van der Waals surface area contributed by atoms with E-state index in [1.165, 1.54) is 22.6 Å². The number of rotatable bonds is 1. The third-order valence-corrected chi connectivity index (χ3v) is 2.86. The molecule has 1 aromatic rings. The van der Waals surface area contributed by atoms with Crippen molar-refractivity contribution in [1.29, 1.82) is 0 Å². The highest BCUT2D eigenvalue weighted by Crippen LogP contribution is 2.26. The third kappa shape index (κ3) is 1.37. The third-order valence-electron chi connectivity index (χ3n) is 2.86. The Morgan fingerprint density at radius 2 is 1.86 bits per heavy atom. The molecule has 0 unspecified atom stereocenters. The van der Waals surface area contributed by atoms with Gasteiger partial charge in [-0.1, -0.05) is 18.2 Å². The molecule has 2 rings (SSSR count). The standard InChI is InChI=1S/C12H16N2/c1-9-6-4-5-7-12(9)14-8-13-10(2)11(14)3/h4-7,13H,8H2,1-3H3. The monoisotopic (exact) mass is 188 g/mol. The predicted molar refractivity (Wildman–Crippen MR) is 60.0 cm³/mol. The van der Waals surface area contributed by atoms with Gasteiger partial charge in [0.2, 0.25) is 0 Å². The maximum Gasteiger partial charge on any atom is 0.0921 e. The van der Waals surface area contributed by atoms with Gasteiger partial charge in [-0.2, -0.15) is 0 Å². The van der Waals surface area contributed by atoms with Gasteiger partial charge >= 0.3 is 0 Å². The fraction of sp³-hybridized carbons (Fsp3) is 0.333. The zero-order valence-electron chi connectivity index (χ0n) is 8.96. The van der Waals surface area contributed by atoms with Crippen molar-refractivity contribution in [3.63, 3.8) is 0 Å². The molecule has 0 atom stereocenters. The molecule has 14 heavy (non-hydrogen) atoms. The Hall–Kier alpha value is -1.44. The first-order chi connectivity index (χ1) is 6.70. The van der Waals surface area contributed by atoms with Crippen molar-refractivity contribution in [1.82, 2.24) is 5.32 Å². The van der Waals surface area contributed by atoms with Gasteiger partial charge < -0.3 is 10.2 Å². The molecular formula is C12H16N2. The maximum absolute atomic E-state index is 3.35. The molecule has 1 aromatic carbocycles. The van der Waals surface area contributed by atoms with Crippen molar-refractivity contribution >= 4 is 5.69 Å². The molecule has 0 saturated heterocycles. The van der Waals surface area contributed by atoms with Crippen LogP contribution in [0.5, 0.6) is 0 Å². The molecule has 1 aliphatic rings. The summed E-state index contributed by atoms with van der Waals surface area (Å²) in [6, 6.07) is 8.48. The Kier molecular flexibility index (Phi) is 2.20. The van der Waals surface area contributed by atoms with Crippen molar-refractivity contribution < 1.29 is 0 Å². The summed E-state index contributed by atoms with van der Waals surface area (Å²) in [5.74, 6) is 0. The maximum atomic E-state index is 3.35. The van der Waals surface area contributed by atoms with Crippen LogP contribution in [-0.4, -0.2) is 6.67 Å². The lowest BCUT2D eigenvalue weighted by Crippen LogP contribution is -2.23. The number of allylic oxidation sites excluding steroid dienone is 2. The Morgan fingerprint density at radius 3 is 2.43 bits per heavy atom. The quantitative estimate of drug-likeness (QED) is 0.728. The highest BCUT2D eigenvalue weighted by atomic mass is 15.3. The first-order valence-corrected chi connectivity index (χ1v) is 4.94. The van der Waals surface area contributed by atoms with Gasteiger partial charge in [-0.25, -0.2) is 0 Å². The molecule has 74 valence electrons. The summed E-state index contributed by atoms with van der Waals surface area (Å²) in [6.45, 7) is 7.31. The summed E-state index contributed by atoms with van der Waals surface area (Å²) in [7, 11) is 0. The minimum absolute atomic E-state index is 0.891. The van der Waals surface area contributed by atoms with E-state index in [0.29, 0.717) is 0 Å². The molecule has 0 spiro atoms. The summed E-state index contributed by atoms with van der Waals surface area (Å²) in [4.78, 5) is 2.31. The fourth-order valence-corrected chi connectivity index (χ4v) is 1.78. The largest absolute Gasteiger partial charge is 0.370 e. The number of nitrogens with zero attached hydrogens (tertiary/aromatic N) is 1. The van der Waals surface area contributed by atoms with Crippen molar-refractivity contribution in [2.24, 2.45) is 0 Å². The summed E-state index contributed by atoms with van der Waals surface area (Å²) in [6.07, 6.45) is 0. The van der Waals surface area contributed by atoms with E-state index in [1.54, 1.807) is 0 Å². The van der Waals surface area contributed by atoms with Crippen LogP contribution in [0.25, 0.3) is 0 Å². The van der Waals surface area contributed by atoms with Gasteiger partial charge in [0, 0.05) is 17.1 Å². The highest BCUT2D eigenvalue weighted by molar-refractivity contribution is 5.58. The average molecular weight is 188 g/mol. The van der Waals surface area contributed by atoms with Gasteiger partial charge in [0.25, 0.3) is 0 Å². The summed E-state index contributed by atoms with van der Waals surface area (Å²) < 4.78 is 0. The van der Waals surface area contributed by atoms with E-state index in [0.717, 1.165) is 6.67 Å². The minimum Gasteiger partial charge on any atom is -0.370 e. The predicted octanol–water partition coefficient (Wildman–Crippen LogP) is 2.61. The molecule has 0 amide bonds. The van der Waals surface area contributed by atoms with Gasteiger partial charge in [0.05, 0.1) is 6.67 Å². The highest BCUT2D eigenvalue weighted by Gasteiger charge is 2.17. The van der Waals surface area contributed by atoms with Crippen molar-refractivity contribution in [3.05, 3.63) is 41.2 Å². The fourth-order valence-electron chi connectivity index (χ4n) is 1.78. The second-order valence-electron chi connectivity index (χ2n) is 3.76. The van der Waals surface area contributed by atoms with Crippen LogP contribution in [0.15, 0.2) is 35.7 Å². The second-order valence-corrected chi connectivity index (χ2v) is 3.76. The van der Waals surface area contributed by atoms with Crippen molar-refractivity contribution in [2.45, 2.75) is 20.8 Å². The number of aryl methyl sites for hydroxylation is 1.